The third-order valence-electron chi connectivity index (χ3n) is 3.55. The number of nitrogens with zero attached hydrogens (tertiary/aromatic N) is 1. The SMILES string of the molecule is CN1CCCC(CNc2ccc(C(N)=S)c(Br)c2)C1. The molecule has 1 unspecified atom stereocenters. The lowest BCUT2D eigenvalue weighted by atomic mass is 9.98. The summed E-state index contributed by atoms with van der Waals surface area (Å²) in [6.07, 6.45) is 2.61. The number of hydrogen-bond acceptors (Lipinski definition) is 3. The smallest absolute Gasteiger partial charge is 0.105 e. The maximum Gasteiger partial charge on any atom is 0.105 e. The van der Waals surface area contributed by atoms with Crippen LogP contribution < -0.4 is 11.1 Å². The molecule has 1 aliphatic heterocycles. The average molecular weight is 342 g/mol. The quantitative estimate of drug-likeness (QED) is 0.826. The van der Waals surface area contributed by atoms with E-state index in [1.807, 2.05) is 18.2 Å². The summed E-state index contributed by atoms with van der Waals surface area (Å²) >= 11 is 8.50. The van der Waals surface area contributed by atoms with Gasteiger partial charge in [0.25, 0.3) is 0 Å². The van der Waals surface area contributed by atoms with Crippen molar-refractivity contribution in [3.8, 4) is 0 Å². The average Bonchev–Trinajstić information content (AvgIpc) is 2.36. The van der Waals surface area contributed by atoms with Gasteiger partial charge in [-0.1, -0.05) is 12.2 Å². The second-order valence-corrected chi connectivity index (χ2v) is 6.50. The number of nitrogens with one attached hydrogen (secondary N) is 1. The first-order chi connectivity index (χ1) is 9.06. The molecule has 3 N–H and O–H groups in total. The lowest BCUT2D eigenvalue weighted by Gasteiger charge is -2.30. The Morgan fingerprint density at radius 3 is 3.00 bits per heavy atom. The molecule has 0 saturated carbocycles. The number of likely N-dealkylation sites (tertiary alicyclic amines) is 1. The van der Waals surface area contributed by atoms with Crippen LogP contribution in [0.4, 0.5) is 5.69 Å². The summed E-state index contributed by atoms with van der Waals surface area (Å²) < 4.78 is 0.950. The van der Waals surface area contributed by atoms with Gasteiger partial charge < -0.3 is 16.0 Å². The highest BCUT2D eigenvalue weighted by molar-refractivity contribution is 9.10. The molecule has 2 rings (SSSR count). The minimum absolute atomic E-state index is 0.423. The molecule has 104 valence electrons. The van der Waals surface area contributed by atoms with Crippen LogP contribution in [0.2, 0.25) is 0 Å². The van der Waals surface area contributed by atoms with Crippen molar-refractivity contribution in [2.75, 3.05) is 32.0 Å². The Labute approximate surface area is 128 Å². The largest absolute Gasteiger partial charge is 0.389 e. The summed E-state index contributed by atoms with van der Waals surface area (Å²) in [5, 5.41) is 3.50. The Hall–Kier alpha value is -0.650. The van der Waals surface area contributed by atoms with Crippen molar-refractivity contribution < 1.29 is 0 Å². The standard InChI is InChI=1S/C14H20BrN3S/c1-18-6-2-3-10(9-18)8-17-11-4-5-12(14(16)19)13(15)7-11/h4-5,7,10,17H,2-3,6,8-9H2,1H3,(H2,16,19). The predicted octanol–water partition coefficient (Wildman–Crippen LogP) is 2.84. The van der Waals surface area contributed by atoms with Crippen LogP contribution in [-0.2, 0) is 0 Å². The summed E-state index contributed by atoms with van der Waals surface area (Å²) in [5.74, 6) is 0.729. The van der Waals surface area contributed by atoms with Gasteiger partial charge in [-0.3, -0.25) is 0 Å². The molecule has 0 spiro atoms. The van der Waals surface area contributed by atoms with Crippen molar-refractivity contribution >= 4 is 38.8 Å². The fraction of sp³-hybridized carbons (Fsp3) is 0.500. The fourth-order valence-corrected chi connectivity index (χ4v) is 3.43. The molecule has 3 nitrogen and oxygen atoms in total. The molecule has 1 aromatic rings. The van der Waals surface area contributed by atoms with E-state index in [2.05, 4.69) is 33.2 Å². The van der Waals surface area contributed by atoms with Crippen LogP contribution >= 0.6 is 28.1 Å². The molecule has 5 heteroatoms. The lowest BCUT2D eigenvalue weighted by Crippen LogP contribution is -2.35. The van der Waals surface area contributed by atoms with Crippen molar-refractivity contribution in [2.45, 2.75) is 12.8 Å². The number of rotatable bonds is 4. The molecule has 19 heavy (non-hydrogen) atoms. The molecule has 1 fully saturated rings. The predicted molar refractivity (Wildman–Crippen MR) is 88.7 cm³/mol. The molecule has 1 aromatic carbocycles. The van der Waals surface area contributed by atoms with Crippen LogP contribution in [0.15, 0.2) is 22.7 Å². The van der Waals surface area contributed by atoms with Gasteiger partial charge in [-0.2, -0.15) is 0 Å². The van der Waals surface area contributed by atoms with E-state index >= 15 is 0 Å². The zero-order valence-corrected chi connectivity index (χ0v) is 13.6. The van der Waals surface area contributed by atoms with Crippen LogP contribution in [-0.4, -0.2) is 36.6 Å². The zero-order valence-electron chi connectivity index (χ0n) is 11.2. The molecule has 1 heterocycles. The molecule has 0 radical (unpaired) electrons. The van der Waals surface area contributed by atoms with Gasteiger partial charge in [-0.25, -0.2) is 0 Å². The van der Waals surface area contributed by atoms with Gasteiger partial charge in [0.05, 0.1) is 0 Å². The highest BCUT2D eigenvalue weighted by Crippen LogP contribution is 2.22. The first-order valence-corrected chi connectivity index (χ1v) is 7.78. The molecule has 1 saturated heterocycles. The highest BCUT2D eigenvalue weighted by Gasteiger charge is 2.16. The minimum Gasteiger partial charge on any atom is -0.389 e. The highest BCUT2D eigenvalue weighted by atomic mass is 79.9. The van der Waals surface area contributed by atoms with Crippen LogP contribution in [0, 0.1) is 5.92 Å². The van der Waals surface area contributed by atoms with E-state index in [1.54, 1.807) is 0 Å². The van der Waals surface area contributed by atoms with E-state index in [1.165, 1.54) is 25.9 Å². The number of halogens is 1. The number of hydrogen-bond donors (Lipinski definition) is 2. The monoisotopic (exact) mass is 341 g/mol. The summed E-state index contributed by atoms with van der Waals surface area (Å²) in [6.45, 7) is 3.42. The van der Waals surface area contributed by atoms with Crippen molar-refractivity contribution in [1.82, 2.24) is 4.90 Å². The summed E-state index contributed by atoms with van der Waals surface area (Å²) in [6, 6.07) is 6.04. The first-order valence-electron chi connectivity index (χ1n) is 6.58. The molecule has 1 atom stereocenters. The van der Waals surface area contributed by atoms with Crippen LogP contribution in [0.5, 0.6) is 0 Å². The molecular formula is C14H20BrN3S. The van der Waals surface area contributed by atoms with E-state index in [0.29, 0.717) is 4.99 Å². The number of nitrogens with two attached hydrogens (primary N) is 1. The Morgan fingerprint density at radius 1 is 1.58 bits per heavy atom. The van der Waals surface area contributed by atoms with Crippen LogP contribution in [0.25, 0.3) is 0 Å². The normalized spacial score (nSPS) is 20.2. The number of thiocarbonyl (C=S) groups is 1. The van der Waals surface area contributed by atoms with E-state index < -0.39 is 0 Å². The summed E-state index contributed by atoms with van der Waals surface area (Å²) in [5.41, 5.74) is 7.64. The number of piperidine rings is 1. The Morgan fingerprint density at radius 2 is 2.37 bits per heavy atom. The lowest BCUT2D eigenvalue weighted by molar-refractivity contribution is 0.217. The molecular weight excluding hydrogens is 322 g/mol. The van der Waals surface area contributed by atoms with Crippen molar-refractivity contribution in [2.24, 2.45) is 11.7 Å². The minimum atomic E-state index is 0.423. The maximum atomic E-state index is 5.65. The van der Waals surface area contributed by atoms with Crippen molar-refractivity contribution in [1.29, 1.82) is 0 Å². The maximum absolute atomic E-state index is 5.65. The number of benzene rings is 1. The van der Waals surface area contributed by atoms with Crippen LogP contribution in [0.3, 0.4) is 0 Å². The topological polar surface area (TPSA) is 41.3 Å². The second-order valence-electron chi connectivity index (χ2n) is 5.21. The Balaban J connectivity index is 1.92. The zero-order chi connectivity index (χ0) is 13.8. The van der Waals surface area contributed by atoms with E-state index in [-0.39, 0.29) is 0 Å². The third kappa shape index (κ3) is 4.16. The van der Waals surface area contributed by atoms with Gasteiger partial charge in [0.1, 0.15) is 4.99 Å². The van der Waals surface area contributed by atoms with E-state index in [4.69, 9.17) is 18.0 Å². The van der Waals surface area contributed by atoms with Crippen molar-refractivity contribution in [3.05, 3.63) is 28.2 Å². The summed E-state index contributed by atoms with van der Waals surface area (Å²) in [4.78, 5) is 2.83. The van der Waals surface area contributed by atoms with Gasteiger partial charge >= 0.3 is 0 Å². The van der Waals surface area contributed by atoms with Gasteiger partial charge in [-0.05, 0) is 66.5 Å². The number of anilines is 1. The van der Waals surface area contributed by atoms with E-state index in [9.17, 15) is 0 Å². The molecule has 1 aliphatic rings. The Kier molecular flexibility index (Phi) is 5.19. The van der Waals surface area contributed by atoms with Crippen molar-refractivity contribution in [3.63, 3.8) is 0 Å². The third-order valence-corrected chi connectivity index (χ3v) is 4.43. The Bertz CT molecular complexity index is 464. The molecule has 0 aliphatic carbocycles. The first kappa shape index (κ1) is 14.8. The van der Waals surface area contributed by atoms with E-state index in [0.717, 1.165) is 28.2 Å². The van der Waals surface area contributed by atoms with Crippen LogP contribution in [0.1, 0.15) is 18.4 Å². The fourth-order valence-electron chi connectivity index (χ4n) is 2.53. The van der Waals surface area contributed by atoms with Gasteiger partial charge in [0.2, 0.25) is 0 Å². The van der Waals surface area contributed by atoms with Gasteiger partial charge in [-0.15, -0.1) is 0 Å². The molecule has 0 amide bonds. The van der Waals surface area contributed by atoms with Gasteiger partial charge in [0.15, 0.2) is 0 Å². The summed E-state index contributed by atoms with van der Waals surface area (Å²) in [7, 11) is 2.19. The second kappa shape index (κ2) is 6.68. The van der Waals surface area contributed by atoms with Gasteiger partial charge in [0, 0.05) is 28.8 Å². The molecule has 0 bridgehead atoms. The molecule has 0 aromatic heterocycles.